The number of carbonyl (C=O) groups excluding carboxylic acids is 1. The number of piperidine rings is 1. The van der Waals surface area contributed by atoms with Crippen LogP contribution in [0.15, 0.2) is 33.5 Å². The van der Waals surface area contributed by atoms with Crippen molar-refractivity contribution in [1.82, 2.24) is 8.87 Å². The topological polar surface area (TPSA) is 71.7 Å². The van der Waals surface area contributed by atoms with Crippen LogP contribution in [-0.4, -0.2) is 35.8 Å². The van der Waals surface area contributed by atoms with E-state index in [1.54, 1.807) is 6.07 Å². The van der Waals surface area contributed by atoms with Crippen LogP contribution in [0.1, 0.15) is 30.4 Å². The van der Waals surface area contributed by atoms with Crippen LogP contribution in [0.5, 0.6) is 0 Å². The van der Waals surface area contributed by atoms with E-state index in [9.17, 15) is 13.2 Å². The maximum atomic E-state index is 13.1. The van der Waals surface area contributed by atoms with E-state index in [1.165, 1.54) is 21.7 Å². The van der Waals surface area contributed by atoms with Gasteiger partial charge in [0.05, 0.1) is 14.6 Å². The largest absolute Gasteiger partial charge is 0.319 e. The fourth-order valence-electron chi connectivity index (χ4n) is 3.95. The number of aryl methyl sites for hydroxylation is 3. The molecule has 3 heterocycles. The SMILES string of the molecule is Cc1cc(C)c2c(c1)sc(=NC(=O)C1CCCCN1S(=O)(=O)c1ccc(Cl)s1)n2C. The Kier molecular flexibility index (Phi) is 5.93. The number of thiophene rings is 1. The molecule has 160 valence electrons. The number of carbonyl (C=O) groups is 1. The molecule has 10 heteroatoms. The minimum atomic E-state index is -3.79. The lowest BCUT2D eigenvalue weighted by molar-refractivity contribution is -0.122. The number of benzene rings is 1. The second kappa shape index (κ2) is 8.20. The summed E-state index contributed by atoms with van der Waals surface area (Å²) in [7, 11) is -1.91. The molecule has 0 radical (unpaired) electrons. The van der Waals surface area contributed by atoms with Gasteiger partial charge in [-0.05, 0) is 56.0 Å². The minimum absolute atomic E-state index is 0.158. The summed E-state index contributed by atoms with van der Waals surface area (Å²) in [6.07, 6.45) is 1.98. The number of nitrogens with zero attached hydrogens (tertiary/aromatic N) is 3. The van der Waals surface area contributed by atoms with Gasteiger partial charge in [-0.2, -0.15) is 9.30 Å². The first-order valence-corrected chi connectivity index (χ1v) is 13.1. The molecule has 1 aromatic carbocycles. The molecule has 1 aliphatic heterocycles. The van der Waals surface area contributed by atoms with Crippen molar-refractivity contribution in [3.8, 4) is 0 Å². The molecule has 4 rings (SSSR count). The molecule has 1 fully saturated rings. The molecular formula is C20H22ClN3O3S3. The number of amides is 1. The summed E-state index contributed by atoms with van der Waals surface area (Å²) in [6, 6.07) is 6.44. The molecule has 0 N–H and O–H groups in total. The molecule has 3 aromatic rings. The van der Waals surface area contributed by atoms with Crippen molar-refractivity contribution in [2.45, 2.75) is 43.4 Å². The van der Waals surface area contributed by atoms with Gasteiger partial charge in [-0.15, -0.1) is 11.3 Å². The first-order valence-electron chi connectivity index (χ1n) is 9.61. The number of halogens is 1. The summed E-state index contributed by atoms with van der Waals surface area (Å²) in [5, 5.41) is 0. The Balaban J connectivity index is 1.74. The number of hydrogen-bond donors (Lipinski definition) is 0. The predicted molar refractivity (Wildman–Crippen MR) is 122 cm³/mol. The highest BCUT2D eigenvalue weighted by molar-refractivity contribution is 7.91. The monoisotopic (exact) mass is 483 g/mol. The van der Waals surface area contributed by atoms with E-state index in [-0.39, 0.29) is 4.21 Å². The van der Waals surface area contributed by atoms with Crippen LogP contribution in [0.25, 0.3) is 10.2 Å². The summed E-state index contributed by atoms with van der Waals surface area (Å²) in [5.74, 6) is -0.419. The Morgan fingerprint density at radius 2 is 1.97 bits per heavy atom. The van der Waals surface area contributed by atoms with Crippen molar-refractivity contribution >= 4 is 60.4 Å². The van der Waals surface area contributed by atoms with Crippen molar-refractivity contribution in [3.05, 3.63) is 44.5 Å². The molecule has 2 aromatic heterocycles. The zero-order chi connectivity index (χ0) is 21.6. The van der Waals surface area contributed by atoms with E-state index in [0.29, 0.717) is 22.1 Å². The Morgan fingerprint density at radius 1 is 1.20 bits per heavy atom. The molecule has 1 amide bonds. The summed E-state index contributed by atoms with van der Waals surface area (Å²) >= 11 is 8.39. The van der Waals surface area contributed by atoms with Crippen molar-refractivity contribution in [1.29, 1.82) is 0 Å². The highest BCUT2D eigenvalue weighted by atomic mass is 35.5. The summed E-state index contributed by atoms with van der Waals surface area (Å²) in [6.45, 7) is 4.38. The fourth-order valence-corrected chi connectivity index (χ4v) is 8.41. The van der Waals surface area contributed by atoms with Gasteiger partial charge in [0.25, 0.3) is 15.9 Å². The minimum Gasteiger partial charge on any atom is -0.319 e. The molecule has 30 heavy (non-hydrogen) atoms. The van der Waals surface area contributed by atoms with Gasteiger partial charge in [-0.1, -0.05) is 35.4 Å². The van der Waals surface area contributed by atoms with Gasteiger partial charge in [-0.3, -0.25) is 4.79 Å². The highest BCUT2D eigenvalue weighted by Gasteiger charge is 2.38. The lowest BCUT2D eigenvalue weighted by atomic mass is 10.0. The van der Waals surface area contributed by atoms with Crippen molar-refractivity contribution in [2.24, 2.45) is 12.0 Å². The molecule has 1 unspecified atom stereocenters. The van der Waals surface area contributed by atoms with E-state index < -0.39 is 22.0 Å². The molecule has 0 saturated carbocycles. The molecule has 6 nitrogen and oxygen atoms in total. The van der Waals surface area contributed by atoms with Gasteiger partial charge in [-0.25, -0.2) is 8.42 Å². The maximum absolute atomic E-state index is 13.1. The van der Waals surface area contributed by atoms with Gasteiger partial charge in [0, 0.05) is 13.6 Å². The van der Waals surface area contributed by atoms with Crippen LogP contribution < -0.4 is 4.80 Å². The van der Waals surface area contributed by atoms with E-state index in [2.05, 4.69) is 17.1 Å². The Labute approximate surface area is 188 Å². The summed E-state index contributed by atoms with van der Waals surface area (Å²) in [5.41, 5.74) is 3.31. The molecule has 1 atom stereocenters. The third kappa shape index (κ3) is 3.89. The number of sulfonamides is 1. The third-order valence-electron chi connectivity index (χ3n) is 5.29. The maximum Gasteiger partial charge on any atom is 0.266 e. The number of rotatable bonds is 3. The van der Waals surface area contributed by atoms with E-state index in [1.807, 2.05) is 25.5 Å². The lowest BCUT2D eigenvalue weighted by Crippen LogP contribution is -2.47. The van der Waals surface area contributed by atoms with Crippen molar-refractivity contribution < 1.29 is 13.2 Å². The van der Waals surface area contributed by atoms with Crippen LogP contribution in [0.3, 0.4) is 0 Å². The van der Waals surface area contributed by atoms with Gasteiger partial charge in [0.2, 0.25) is 0 Å². The summed E-state index contributed by atoms with van der Waals surface area (Å²) < 4.78 is 31.1. The number of aromatic nitrogens is 1. The molecule has 0 bridgehead atoms. The van der Waals surface area contributed by atoms with Crippen LogP contribution in [0, 0.1) is 13.8 Å². The first-order chi connectivity index (χ1) is 14.2. The standard InChI is InChI=1S/C20H22ClN3O3S3/c1-12-10-13(2)18-15(11-12)28-20(23(18)3)22-19(25)14-6-4-5-9-24(14)30(26,27)17-8-7-16(21)29-17/h7-8,10-11,14H,4-6,9H2,1-3H3. The number of fused-ring (bicyclic) bond motifs is 1. The third-order valence-corrected chi connectivity index (χ3v) is 9.98. The second-order valence-electron chi connectivity index (χ2n) is 7.51. The summed E-state index contributed by atoms with van der Waals surface area (Å²) in [4.78, 5) is 18.1. The van der Waals surface area contributed by atoms with E-state index >= 15 is 0 Å². The normalized spacial score (nSPS) is 18.9. The number of hydrogen-bond acceptors (Lipinski definition) is 5. The average Bonchev–Trinajstić information content (AvgIpc) is 3.26. The molecule has 0 spiro atoms. The average molecular weight is 484 g/mol. The fraction of sp³-hybridized carbons (Fsp3) is 0.400. The van der Waals surface area contributed by atoms with Crippen LogP contribution >= 0.6 is 34.3 Å². The molecule has 1 aliphatic rings. The van der Waals surface area contributed by atoms with Crippen LogP contribution in [-0.2, 0) is 21.9 Å². The molecular weight excluding hydrogens is 462 g/mol. The van der Waals surface area contributed by atoms with Gasteiger partial charge >= 0.3 is 0 Å². The zero-order valence-electron chi connectivity index (χ0n) is 16.9. The van der Waals surface area contributed by atoms with Crippen molar-refractivity contribution in [2.75, 3.05) is 6.54 Å². The highest BCUT2D eigenvalue weighted by Crippen LogP contribution is 2.32. The second-order valence-corrected chi connectivity index (χ2v) is 12.3. The van der Waals surface area contributed by atoms with Gasteiger partial charge in [0.15, 0.2) is 4.80 Å². The lowest BCUT2D eigenvalue weighted by Gasteiger charge is -2.31. The first kappa shape index (κ1) is 21.7. The molecule has 1 saturated heterocycles. The smallest absolute Gasteiger partial charge is 0.266 e. The van der Waals surface area contributed by atoms with E-state index in [4.69, 9.17) is 11.6 Å². The van der Waals surface area contributed by atoms with Gasteiger partial charge in [0.1, 0.15) is 10.3 Å². The molecule has 0 aliphatic carbocycles. The Hall–Kier alpha value is -1.52. The Morgan fingerprint density at radius 3 is 2.67 bits per heavy atom. The van der Waals surface area contributed by atoms with Crippen LogP contribution in [0.4, 0.5) is 0 Å². The van der Waals surface area contributed by atoms with Gasteiger partial charge < -0.3 is 4.57 Å². The quantitative estimate of drug-likeness (QED) is 0.559. The number of thiazole rings is 1. The van der Waals surface area contributed by atoms with Crippen LogP contribution in [0.2, 0.25) is 4.34 Å². The van der Waals surface area contributed by atoms with Crippen molar-refractivity contribution in [3.63, 3.8) is 0 Å². The predicted octanol–water partition coefficient (Wildman–Crippen LogP) is 4.24. The van der Waals surface area contributed by atoms with E-state index in [0.717, 1.165) is 45.5 Å². The zero-order valence-corrected chi connectivity index (χ0v) is 20.1. The Bertz CT molecular complexity index is 1300.